The van der Waals surface area contributed by atoms with Gasteiger partial charge >= 0.3 is 0 Å². The van der Waals surface area contributed by atoms with Crippen molar-refractivity contribution in [1.29, 1.82) is 0 Å². The van der Waals surface area contributed by atoms with E-state index in [1.54, 1.807) is 43.8 Å². The van der Waals surface area contributed by atoms with Crippen LogP contribution in [0.1, 0.15) is 11.1 Å². The molecule has 1 aliphatic heterocycles. The number of rotatable bonds is 7. The topological polar surface area (TPSA) is 80.8 Å². The maximum atomic E-state index is 13.7. The summed E-state index contributed by atoms with van der Waals surface area (Å²) in [5.74, 6) is 0.197. The first-order chi connectivity index (χ1) is 17.1. The SMILES string of the molecule is COc1ccc(C2=C(Nc3cccc4ccccc34)C(=O)N(Cc3cccnc3)C2=O)cc1OC. The fourth-order valence-electron chi connectivity index (χ4n) is 4.24. The molecule has 0 spiro atoms. The van der Waals surface area contributed by atoms with Crippen molar-refractivity contribution in [3.63, 3.8) is 0 Å². The van der Waals surface area contributed by atoms with E-state index in [0.717, 1.165) is 22.0 Å². The second kappa shape index (κ2) is 9.30. The minimum atomic E-state index is -0.406. The number of hydrogen-bond acceptors (Lipinski definition) is 6. The monoisotopic (exact) mass is 465 g/mol. The van der Waals surface area contributed by atoms with Gasteiger partial charge in [-0.3, -0.25) is 19.5 Å². The smallest absolute Gasteiger partial charge is 0.278 e. The van der Waals surface area contributed by atoms with Gasteiger partial charge in [-0.1, -0.05) is 48.5 Å². The number of carbonyl (C=O) groups is 2. The van der Waals surface area contributed by atoms with Gasteiger partial charge < -0.3 is 14.8 Å². The van der Waals surface area contributed by atoms with Crippen LogP contribution in [-0.2, 0) is 16.1 Å². The number of fused-ring (bicyclic) bond motifs is 1. The van der Waals surface area contributed by atoms with Crippen molar-refractivity contribution < 1.29 is 19.1 Å². The molecule has 174 valence electrons. The number of nitrogens with one attached hydrogen (secondary N) is 1. The number of benzene rings is 3. The number of nitrogens with zero attached hydrogens (tertiary/aromatic N) is 2. The van der Waals surface area contributed by atoms with E-state index in [4.69, 9.17) is 9.47 Å². The molecule has 0 fully saturated rings. The van der Waals surface area contributed by atoms with E-state index in [2.05, 4.69) is 10.3 Å². The molecule has 0 atom stereocenters. The predicted molar refractivity (Wildman–Crippen MR) is 134 cm³/mol. The summed E-state index contributed by atoms with van der Waals surface area (Å²) in [6.07, 6.45) is 3.30. The van der Waals surface area contributed by atoms with Crippen LogP contribution >= 0.6 is 0 Å². The normalized spacial score (nSPS) is 13.5. The van der Waals surface area contributed by atoms with Crippen LogP contribution in [0.5, 0.6) is 11.5 Å². The average molecular weight is 466 g/mol. The van der Waals surface area contributed by atoms with Crippen molar-refractivity contribution in [2.24, 2.45) is 0 Å². The first-order valence-electron chi connectivity index (χ1n) is 11.1. The quantitative estimate of drug-likeness (QED) is 0.401. The first kappa shape index (κ1) is 22.2. The minimum absolute atomic E-state index is 0.114. The van der Waals surface area contributed by atoms with Crippen LogP contribution in [0.4, 0.5) is 5.69 Å². The summed E-state index contributed by atoms with van der Waals surface area (Å²) in [5.41, 5.74) is 2.53. The van der Waals surface area contributed by atoms with Gasteiger partial charge in [-0.25, -0.2) is 0 Å². The van der Waals surface area contributed by atoms with E-state index in [-0.39, 0.29) is 17.8 Å². The molecule has 35 heavy (non-hydrogen) atoms. The Morgan fingerprint density at radius 2 is 1.66 bits per heavy atom. The lowest BCUT2D eigenvalue weighted by atomic mass is 10.0. The largest absolute Gasteiger partial charge is 0.493 e. The van der Waals surface area contributed by atoms with Crippen LogP contribution in [0, 0.1) is 0 Å². The molecule has 0 unspecified atom stereocenters. The van der Waals surface area contributed by atoms with Gasteiger partial charge in [-0.2, -0.15) is 0 Å². The highest BCUT2D eigenvalue weighted by molar-refractivity contribution is 6.36. The van der Waals surface area contributed by atoms with Gasteiger partial charge in [-0.15, -0.1) is 0 Å². The summed E-state index contributed by atoms with van der Waals surface area (Å²) in [5, 5.41) is 5.24. The molecule has 5 rings (SSSR count). The van der Waals surface area contributed by atoms with Crippen molar-refractivity contribution in [3.8, 4) is 11.5 Å². The number of aromatic nitrogens is 1. The average Bonchev–Trinajstić information content (AvgIpc) is 3.13. The van der Waals surface area contributed by atoms with Crippen LogP contribution < -0.4 is 14.8 Å². The van der Waals surface area contributed by atoms with Crippen LogP contribution in [0.25, 0.3) is 16.3 Å². The van der Waals surface area contributed by atoms with E-state index >= 15 is 0 Å². The molecular weight excluding hydrogens is 442 g/mol. The molecular formula is C28H23N3O4. The zero-order valence-electron chi connectivity index (χ0n) is 19.3. The summed E-state index contributed by atoms with van der Waals surface area (Å²) >= 11 is 0. The third-order valence-electron chi connectivity index (χ3n) is 5.95. The molecule has 1 aromatic heterocycles. The van der Waals surface area contributed by atoms with Crippen molar-refractivity contribution in [3.05, 3.63) is 102 Å². The van der Waals surface area contributed by atoms with Crippen molar-refractivity contribution >= 4 is 33.8 Å². The Hall–Kier alpha value is -4.65. The third-order valence-corrected chi connectivity index (χ3v) is 5.95. The van der Waals surface area contributed by atoms with E-state index in [1.165, 1.54) is 12.0 Å². The van der Waals surface area contributed by atoms with Gasteiger partial charge in [0.2, 0.25) is 0 Å². The Morgan fingerprint density at radius 1 is 0.857 bits per heavy atom. The molecule has 7 nitrogen and oxygen atoms in total. The molecule has 0 saturated carbocycles. The Bertz CT molecular complexity index is 1460. The molecule has 2 amide bonds. The molecule has 2 heterocycles. The van der Waals surface area contributed by atoms with Crippen LogP contribution in [0.15, 0.2) is 90.9 Å². The lowest BCUT2D eigenvalue weighted by molar-refractivity contribution is -0.137. The lowest BCUT2D eigenvalue weighted by Gasteiger charge is -2.15. The number of carbonyl (C=O) groups excluding carboxylic acids is 2. The first-order valence-corrected chi connectivity index (χ1v) is 11.1. The number of imide groups is 1. The molecule has 7 heteroatoms. The molecule has 0 bridgehead atoms. The number of ether oxygens (including phenoxy) is 2. The second-order valence-corrected chi connectivity index (χ2v) is 8.03. The van der Waals surface area contributed by atoms with Crippen molar-refractivity contribution in [2.45, 2.75) is 6.54 Å². The summed E-state index contributed by atoms with van der Waals surface area (Å²) in [6.45, 7) is 0.114. The molecule has 1 N–H and O–H groups in total. The lowest BCUT2D eigenvalue weighted by Crippen LogP contribution is -2.32. The van der Waals surface area contributed by atoms with Gasteiger partial charge in [0.05, 0.1) is 26.3 Å². The molecule has 0 aliphatic carbocycles. The van der Waals surface area contributed by atoms with E-state index in [1.807, 2.05) is 48.5 Å². The van der Waals surface area contributed by atoms with Gasteiger partial charge in [0, 0.05) is 23.5 Å². The fraction of sp³-hybridized carbons (Fsp3) is 0.107. The van der Waals surface area contributed by atoms with Crippen molar-refractivity contribution in [1.82, 2.24) is 9.88 Å². The number of amides is 2. The van der Waals surface area contributed by atoms with Crippen LogP contribution in [0.2, 0.25) is 0 Å². The zero-order chi connectivity index (χ0) is 24.4. The Labute approximate surface area is 202 Å². The third kappa shape index (κ3) is 4.08. The number of hydrogen-bond donors (Lipinski definition) is 1. The number of pyridine rings is 1. The highest BCUT2D eigenvalue weighted by atomic mass is 16.5. The van der Waals surface area contributed by atoms with Gasteiger partial charge in [0.15, 0.2) is 11.5 Å². The highest BCUT2D eigenvalue weighted by Gasteiger charge is 2.39. The van der Waals surface area contributed by atoms with E-state index in [0.29, 0.717) is 17.1 Å². The molecule has 3 aromatic carbocycles. The van der Waals surface area contributed by atoms with Gasteiger partial charge in [-0.05, 0) is 40.8 Å². The molecule has 0 radical (unpaired) electrons. The zero-order valence-corrected chi connectivity index (χ0v) is 19.3. The molecule has 0 saturated heterocycles. The van der Waals surface area contributed by atoms with Gasteiger partial charge in [0.25, 0.3) is 11.8 Å². The van der Waals surface area contributed by atoms with Crippen molar-refractivity contribution in [2.75, 3.05) is 19.5 Å². The Morgan fingerprint density at radius 3 is 2.43 bits per heavy atom. The maximum Gasteiger partial charge on any atom is 0.278 e. The summed E-state index contributed by atoms with van der Waals surface area (Å²) in [7, 11) is 3.08. The van der Waals surface area contributed by atoms with E-state index < -0.39 is 11.8 Å². The summed E-state index contributed by atoms with van der Waals surface area (Å²) < 4.78 is 10.8. The van der Waals surface area contributed by atoms with Gasteiger partial charge in [0.1, 0.15) is 5.70 Å². The van der Waals surface area contributed by atoms with E-state index in [9.17, 15) is 9.59 Å². The number of anilines is 1. The maximum absolute atomic E-state index is 13.7. The number of methoxy groups -OCH3 is 2. The fourth-order valence-corrected chi connectivity index (χ4v) is 4.24. The standard InChI is InChI=1S/C28H23N3O4/c1-34-23-13-12-20(15-24(23)35-2)25-26(30-22-11-5-9-19-8-3-4-10-21(19)22)28(33)31(27(25)32)17-18-7-6-14-29-16-18/h3-16,30H,17H2,1-2H3. The highest BCUT2D eigenvalue weighted by Crippen LogP contribution is 2.37. The Balaban J connectivity index is 1.62. The minimum Gasteiger partial charge on any atom is -0.493 e. The summed E-state index contributed by atoms with van der Waals surface area (Å²) in [4.78, 5) is 32.6. The molecule has 1 aliphatic rings. The summed E-state index contributed by atoms with van der Waals surface area (Å²) in [6, 6.07) is 22.5. The Kier molecular flexibility index (Phi) is 5.89. The predicted octanol–water partition coefficient (Wildman–Crippen LogP) is 4.64. The van der Waals surface area contributed by atoms with Crippen LogP contribution in [0.3, 0.4) is 0 Å². The second-order valence-electron chi connectivity index (χ2n) is 8.03. The van der Waals surface area contributed by atoms with Crippen LogP contribution in [-0.4, -0.2) is 35.9 Å². The molecule has 4 aromatic rings.